The molecular formula is C16H16ClNO2. The first-order chi connectivity index (χ1) is 9.56. The first kappa shape index (κ1) is 14.4. The van der Waals surface area contributed by atoms with E-state index < -0.39 is 5.97 Å². The number of benzene rings is 2. The molecule has 0 saturated carbocycles. The molecule has 1 N–H and O–H groups in total. The van der Waals surface area contributed by atoms with Gasteiger partial charge in [-0.3, -0.25) is 4.79 Å². The van der Waals surface area contributed by atoms with Crippen molar-refractivity contribution in [2.75, 3.05) is 11.4 Å². The Labute approximate surface area is 123 Å². The lowest BCUT2D eigenvalue weighted by atomic mass is 10.1. The van der Waals surface area contributed by atoms with E-state index >= 15 is 0 Å². The average Bonchev–Trinajstić information content (AvgIpc) is 2.41. The molecule has 2 rings (SSSR count). The van der Waals surface area contributed by atoms with E-state index in [1.807, 2.05) is 60.4 Å². The van der Waals surface area contributed by atoms with Gasteiger partial charge in [0.05, 0.1) is 0 Å². The number of nitrogens with zero attached hydrogens (tertiary/aromatic N) is 1. The maximum absolute atomic E-state index is 11.0. The molecule has 0 atom stereocenters. The fourth-order valence-electron chi connectivity index (χ4n) is 2.08. The van der Waals surface area contributed by atoms with Crippen LogP contribution < -0.4 is 4.90 Å². The van der Waals surface area contributed by atoms with Crippen molar-refractivity contribution < 1.29 is 9.90 Å². The highest BCUT2D eigenvalue weighted by Crippen LogP contribution is 2.20. The van der Waals surface area contributed by atoms with Gasteiger partial charge in [-0.15, -0.1) is 0 Å². The van der Waals surface area contributed by atoms with Gasteiger partial charge in [0.2, 0.25) is 0 Å². The molecule has 0 fully saturated rings. The second kappa shape index (κ2) is 6.44. The molecule has 3 nitrogen and oxygen atoms in total. The van der Waals surface area contributed by atoms with Gasteiger partial charge in [-0.25, -0.2) is 0 Å². The van der Waals surface area contributed by atoms with Gasteiger partial charge in [-0.05, 0) is 42.3 Å². The normalized spacial score (nSPS) is 10.3. The van der Waals surface area contributed by atoms with E-state index in [-0.39, 0.29) is 6.54 Å². The van der Waals surface area contributed by atoms with E-state index in [0.29, 0.717) is 11.6 Å². The maximum atomic E-state index is 11.0. The Balaban J connectivity index is 2.26. The Hall–Kier alpha value is -2.00. The lowest BCUT2D eigenvalue weighted by molar-refractivity contribution is -0.135. The van der Waals surface area contributed by atoms with Gasteiger partial charge in [0, 0.05) is 17.3 Å². The highest BCUT2D eigenvalue weighted by molar-refractivity contribution is 6.30. The van der Waals surface area contributed by atoms with E-state index in [2.05, 4.69) is 0 Å². The van der Waals surface area contributed by atoms with Crippen molar-refractivity contribution in [3.8, 4) is 0 Å². The van der Waals surface area contributed by atoms with Gasteiger partial charge < -0.3 is 10.0 Å². The Morgan fingerprint density at radius 2 is 1.90 bits per heavy atom. The fraction of sp³-hybridized carbons (Fsp3) is 0.188. The minimum absolute atomic E-state index is 0.0356. The number of carboxylic acid groups (broad SMARTS) is 1. The van der Waals surface area contributed by atoms with Gasteiger partial charge in [0.25, 0.3) is 0 Å². The van der Waals surface area contributed by atoms with E-state index in [0.717, 1.165) is 16.8 Å². The molecule has 104 valence electrons. The van der Waals surface area contributed by atoms with Crippen LogP contribution in [0.4, 0.5) is 5.69 Å². The molecule has 0 amide bonds. The zero-order valence-corrected chi connectivity index (χ0v) is 12.0. The second-order valence-corrected chi connectivity index (χ2v) is 5.09. The molecule has 0 aliphatic rings. The molecule has 0 aromatic heterocycles. The van der Waals surface area contributed by atoms with Gasteiger partial charge >= 0.3 is 5.97 Å². The zero-order chi connectivity index (χ0) is 14.5. The van der Waals surface area contributed by atoms with Gasteiger partial charge in [-0.1, -0.05) is 35.9 Å². The summed E-state index contributed by atoms with van der Waals surface area (Å²) in [5, 5.41) is 9.76. The summed E-state index contributed by atoms with van der Waals surface area (Å²) in [6, 6.07) is 15.2. The molecule has 20 heavy (non-hydrogen) atoms. The number of aryl methyl sites for hydroxylation is 1. The van der Waals surface area contributed by atoms with Gasteiger partial charge in [-0.2, -0.15) is 0 Å². The number of carbonyl (C=O) groups is 1. The lowest BCUT2D eigenvalue weighted by Gasteiger charge is -2.24. The topological polar surface area (TPSA) is 40.5 Å². The van der Waals surface area contributed by atoms with Crippen LogP contribution in [0.3, 0.4) is 0 Å². The molecule has 0 spiro atoms. The molecule has 2 aromatic carbocycles. The summed E-state index contributed by atoms with van der Waals surface area (Å²) in [4.78, 5) is 12.9. The highest BCUT2D eigenvalue weighted by atomic mass is 35.5. The van der Waals surface area contributed by atoms with Crippen LogP contribution in [0.2, 0.25) is 5.02 Å². The Bertz CT molecular complexity index is 599. The molecular weight excluding hydrogens is 274 g/mol. The molecule has 0 heterocycles. The number of carboxylic acids is 1. The van der Waals surface area contributed by atoms with Crippen molar-refractivity contribution in [2.45, 2.75) is 13.5 Å². The molecule has 0 unspecified atom stereocenters. The SMILES string of the molecule is Cc1cc(Cl)ccc1CN(CC(=O)O)c1ccccc1. The van der Waals surface area contributed by atoms with Gasteiger partial charge in [0.1, 0.15) is 6.54 Å². The molecule has 0 radical (unpaired) electrons. The minimum Gasteiger partial charge on any atom is -0.480 e. The van der Waals surface area contributed by atoms with Crippen LogP contribution in [-0.4, -0.2) is 17.6 Å². The Morgan fingerprint density at radius 3 is 2.50 bits per heavy atom. The van der Waals surface area contributed by atoms with Gasteiger partial charge in [0.15, 0.2) is 0 Å². The average molecular weight is 290 g/mol. The predicted molar refractivity (Wildman–Crippen MR) is 81.3 cm³/mol. The van der Waals surface area contributed by atoms with E-state index in [9.17, 15) is 4.79 Å². The van der Waals surface area contributed by atoms with Crippen LogP contribution in [0, 0.1) is 6.92 Å². The quantitative estimate of drug-likeness (QED) is 0.911. The van der Waals surface area contributed by atoms with E-state index in [4.69, 9.17) is 16.7 Å². The summed E-state index contributed by atoms with van der Waals surface area (Å²) in [5.74, 6) is -0.847. The number of anilines is 1. The summed E-state index contributed by atoms with van der Waals surface area (Å²) in [6.45, 7) is 2.48. The van der Waals surface area contributed by atoms with Crippen molar-refractivity contribution in [3.63, 3.8) is 0 Å². The number of rotatable bonds is 5. The Morgan fingerprint density at radius 1 is 1.20 bits per heavy atom. The molecule has 0 aliphatic heterocycles. The van der Waals surface area contributed by atoms with Crippen molar-refractivity contribution in [1.82, 2.24) is 0 Å². The van der Waals surface area contributed by atoms with Crippen LogP contribution in [0.15, 0.2) is 48.5 Å². The summed E-state index contributed by atoms with van der Waals surface area (Å²) in [5.41, 5.74) is 3.02. The largest absolute Gasteiger partial charge is 0.480 e. The van der Waals surface area contributed by atoms with Crippen LogP contribution in [0.25, 0.3) is 0 Å². The Kier molecular flexibility index (Phi) is 4.64. The minimum atomic E-state index is -0.847. The summed E-state index contributed by atoms with van der Waals surface area (Å²) in [6.07, 6.45) is 0. The predicted octanol–water partition coefficient (Wildman–Crippen LogP) is 3.74. The fourth-order valence-corrected chi connectivity index (χ4v) is 2.31. The van der Waals surface area contributed by atoms with Crippen LogP contribution in [0.5, 0.6) is 0 Å². The molecule has 0 bridgehead atoms. The van der Waals surface area contributed by atoms with Crippen molar-refractivity contribution in [1.29, 1.82) is 0 Å². The molecule has 4 heteroatoms. The molecule has 2 aromatic rings. The number of para-hydroxylation sites is 1. The zero-order valence-electron chi connectivity index (χ0n) is 11.2. The van der Waals surface area contributed by atoms with Crippen LogP contribution in [0.1, 0.15) is 11.1 Å². The number of hydrogen-bond acceptors (Lipinski definition) is 2. The smallest absolute Gasteiger partial charge is 0.323 e. The molecule has 0 aliphatic carbocycles. The third-order valence-electron chi connectivity index (χ3n) is 3.11. The third-order valence-corrected chi connectivity index (χ3v) is 3.35. The number of halogens is 1. The van der Waals surface area contributed by atoms with Crippen molar-refractivity contribution in [3.05, 3.63) is 64.7 Å². The summed E-state index contributed by atoms with van der Waals surface area (Å²) >= 11 is 5.95. The van der Waals surface area contributed by atoms with E-state index in [1.54, 1.807) is 0 Å². The third kappa shape index (κ3) is 3.75. The van der Waals surface area contributed by atoms with E-state index in [1.165, 1.54) is 0 Å². The second-order valence-electron chi connectivity index (χ2n) is 4.66. The first-order valence-corrected chi connectivity index (χ1v) is 6.71. The van der Waals surface area contributed by atoms with Crippen LogP contribution >= 0.6 is 11.6 Å². The summed E-state index contributed by atoms with van der Waals surface area (Å²) < 4.78 is 0. The van der Waals surface area contributed by atoms with Crippen molar-refractivity contribution in [2.24, 2.45) is 0 Å². The monoisotopic (exact) mass is 289 g/mol. The van der Waals surface area contributed by atoms with Crippen LogP contribution in [-0.2, 0) is 11.3 Å². The maximum Gasteiger partial charge on any atom is 0.323 e. The molecule has 0 saturated heterocycles. The lowest BCUT2D eigenvalue weighted by Crippen LogP contribution is -2.29. The standard InChI is InChI=1S/C16H16ClNO2/c1-12-9-14(17)8-7-13(12)10-18(11-16(19)20)15-5-3-2-4-6-15/h2-9H,10-11H2,1H3,(H,19,20). The first-order valence-electron chi connectivity index (χ1n) is 6.33. The summed E-state index contributed by atoms with van der Waals surface area (Å²) in [7, 11) is 0. The number of hydrogen-bond donors (Lipinski definition) is 1. The number of aliphatic carboxylic acids is 1. The van der Waals surface area contributed by atoms with Crippen molar-refractivity contribution >= 4 is 23.3 Å². The highest BCUT2D eigenvalue weighted by Gasteiger charge is 2.12.